The van der Waals surface area contributed by atoms with Crippen LogP contribution in [-0.4, -0.2) is 15.9 Å². The van der Waals surface area contributed by atoms with E-state index in [1.807, 2.05) is 30.3 Å². The number of benzene rings is 2. The molecule has 1 amide bonds. The molecule has 0 spiro atoms. The van der Waals surface area contributed by atoms with Gasteiger partial charge in [-0.25, -0.2) is 4.98 Å². The average Bonchev–Trinajstić information content (AvgIpc) is 3.34. The number of amides is 1. The maximum Gasteiger partial charge on any atom is 0.266 e. The molecule has 0 aliphatic heterocycles. The molecule has 4 aromatic rings. The fourth-order valence-electron chi connectivity index (χ4n) is 2.58. The standard InChI is InChI=1S/C21H13ClN4O2S/c22-15-5-1-2-6-16(15)24-20(27)13(12-23)11-14-9-10-19(28-14)29-21-25-17-7-3-4-8-18(17)26-21/h1-11H,(H,24,27)(H,25,26)/b13-11-. The topological polar surface area (TPSA) is 94.7 Å². The van der Waals surface area contributed by atoms with Crippen molar-refractivity contribution in [3.8, 4) is 6.07 Å². The highest BCUT2D eigenvalue weighted by molar-refractivity contribution is 7.99. The molecule has 0 radical (unpaired) electrons. The highest BCUT2D eigenvalue weighted by Crippen LogP contribution is 2.29. The number of para-hydroxylation sites is 3. The van der Waals surface area contributed by atoms with E-state index in [4.69, 9.17) is 16.0 Å². The number of halogens is 1. The highest BCUT2D eigenvalue weighted by Gasteiger charge is 2.13. The molecular weight excluding hydrogens is 408 g/mol. The van der Waals surface area contributed by atoms with Crippen molar-refractivity contribution in [3.63, 3.8) is 0 Å². The number of carbonyl (C=O) groups is 1. The molecule has 2 aromatic heterocycles. The molecule has 6 nitrogen and oxygen atoms in total. The van der Waals surface area contributed by atoms with Crippen molar-refractivity contribution in [2.24, 2.45) is 0 Å². The minimum absolute atomic E-state index is 0.0976. The van der Waals surface area contributed by atoms with Crippen molar-refractivity contribution in [1.29, 1.82) is 5.26 Å². The summed E-state index contributed by atoms with van der Waals surface area (Å²) in [6.07, 6.45) is 1.38. The lowest BCUT2D eigenvalue weighted by molar-refractivity contribution is -0.112. The summed E-state index contributed by atoms with van der Waals surface area (Å²) in [7, 11) is 0. The lowest BCUT2D eigenvalue weighted by Gasteiger charge is -2.05. The third-order valence-corrected chi connectivity index (χ3v) is 5.08. The Kier molecular flexibility index (Phi) is 5.38. The van der Waals surface area contributed by atoms with Crippen molar-refractivity contribution in [1.82, 2.24) is 9.97 Å². The van der Waals surface area contributed by atoms with E-state index in [0.717, 1.165) is 11.0 Å². The number of nitrogens with one attached hydrogen (secondary N) is 2. The zero-order valence-electron chi connectivity index (χ0n) is 14.8. The summed E-state index contributed by atoms with van der Waals surface area (Å²) in [6, 6.07) is 19.8. The Labute approximate surface area is 175 Å². The number of fused-ring (bicyclic) bond motifs is 1. The summed E-state index contributed by atoms with van der Waals surface area (Å²) in [5.41, 5.74) is 2.13. The van der Waals surface area contributed by atoms with Crippen LogP contribution < -0.4 is 5.32 Å². The monoisotopic (exact) mass is 420 g/mol. The number of hydrogen-bond donors (Lipinski definition) is 2. The van der Waals surface area contributed by atoms with Crippen molar-refractivity contribution in [2.75, 3.05) is 5.32 Å². The molecule has 29 heavy (non-hydrogen) atoms. The lowest BCUT2D eigenvalue weighted by atomic mass is 10.2. The number of rotatable bonds is 5. The number of carbonyl (C=O) groups excluding carboxylic acids is 1. The predicted octanol–water partition coefficient (Wildman–Crippen LogP) is 5.51. The Morgan fingerprint density at radius 1 is 1.17 bits per heavy atom. The van der Waals surface area contributed by atoms with E-state index in [-0.39, 0.29) is 5.57 Å². The number of hydrogen-bond acceptors (Lipinski definition) is 5. The Balaban J connectivity index is 1.50. The smallest absolute Gasteiger partial charge is 0.266 e. The van der Waals surface area contributed by atoms with Crippen LogP contribution in [0.25, 0.3) is 17.1 Å². The van der Waals surface area contributed by atoms with Gasteiger partial charge in [-0.2, -0.15) is 5.26 Å². The Hall–Kier alpha value is -3.47. The molecule has 142 valence electrons. The van der Waals surface area contributed by atoms with E-state index in [1.165, 1.54) is 17.8 Å². The van der Waals surface area contributed by atoms with Gasteiger partial charge < -0.3 is 14.7 Å². The second-order valence-electron chi connectivity index (χ2n) is 5.92. The normalized spacial score (nSPS) is 11.4. The van der Waals surface area contributed by atoms with Gasteiger partial charge in [-0.3, -0.25) is 4.79 Å². The number of imidazole rings is 1. The zero-order valence-corrected chi connectivity index (χ0v) is 16.4. The quantitative estimate of drug-likeness (QED) is 0.328. The van der Waals surface area contributed by atoms with Crippen LogP contribution >= 0.6 is 23.4 Å². The van der Waals surface area contributed by atoms with Crippen LogP contribution in [0.3, 0.4) is 0 Å². The lowest BCUT2D eigenvalue weighted by Crippen LogP contribution is -2.13. The van der Waals surface area contributed by atoms with Gasteiger partial charge in [0.25, 0.3) is 5.91 Å². The van der Waals surface area contributed by atoms with Gasteiger partial charge in [0.2, 0.25) is 0 Å². The number of H-pyrrole nitrogens is 1. The molecule has 0 saturated carbocycles. The van der Waals surface area contributed by atoms with Crippen molar-refractivity contribution in [3.05, 3.63) is 77.0 Å². The SMILES string of the molecule is N#C/C(=C/c1ccc(Sc2nc3ccccc3[nH]2)o1)C(=O)Nc1ccccc1Cl. The summed E-state index contributed by atoms with van der Waals surface area (Å²) in [5.74, 6) is -0.182. The molecule has 0 atom stereocenters. The molecule has 0 fully saturated rings. The van der Waals surface area contributed by atoms with Gasteiger partial charge in [-0.1, -0.05) is 35.9 Å². The molecule has 0 aliphatic rings. The first-order valence-electron chi connectivity index (χ1n) is 8.52. The van der Waals surface area contributed by atoms with Gasteiger partial charge in [-0.15, -0.1) is 0 Å². The minimum atomic E-state index is -0.566. The van der Waals surface area contributed by atoms with E-state index in [1.54, 1.807) is 36.4 Å². The number of furan rings is 1. The second-order valence-corrected chi connectivity index (χ2v) is 7.32. The van der Waals surface area contributed by atoms with Gasteiger partial charge in [-0.05, 0) is 48.2 Å². The number of aromatic nitrogens is 2. The molecule has 0 aliphatic carbocycles. The second kappa shape index (κ2) is 8.27. The van der Waals surface area contributed by atoms with Crippen LogP contribution in [0, 0.1) is 11.3 Å². The molecule has 0 bridgehead atoms. The predicted molar refractivity (Wildman–Crippen MR) is 113 cm³/mol. The number of anilines is 1. The first-order chi connectivity index (χ1) is 14.1. The van der Waals surface area contributed by atoms with Crippen LogP contribution in [0.5, 0.6) is 0 Å². The maximum absolute atomic E-state index is 12.4. The Morgan fingerprint density at radius 3 is 2.76 bits per heavy atom. The van der Waals surface area contributed by atoms with Crippen molar-refractivity contribution in [2.45, 2.75) is 10.2 Å². The minimum Gasteiger partial charge on any atom is -0.450 e. The molecule has 2 aromatic carbocycles. The van der Waals surface area contributed by atoms with E-state index in [2.05, 4.69) is 15.3 Å². The third kappa shape index (κ3) is 4.35. The van der Waals surface area contributed by atoms with Gasteiger partial charge in [0.05, 0.1) is 21.7 Å². The summed E-state index contributed by atoms with van der Waals surface area (Å²) in [4.78, 5) is 20.1. The highest BCUT2D eigenvalue weighted by atomic mass is 35.5. The summed E-state index contributed by atoms with van der Waals surface area (Å²) in [6.45, 7) is 0. The third-order valence-electron chi connectivity index (χ3n) is 3.94. The first kappa shape index (κ1) is 18.9. The first-order valence-corrected chi connectivity index (χ1v) is 9.72. The van der Waals surface area contributed by atoms with Gasteiger partial charge >= 0.3 is 0 Å². The molecule has 2 heterocycles. The molecular formula is C21H13ClN4O2S. The average molecular weight is 421 g/mol. The Bertz CT molecular complexity index is 1240. The van der Waals surface area contributed by atoms with Gasteiger partial charge in [0, 0.05) is 6.08 Å². The van der Waals surface area contributed by atoms with Crippen LogP contribution in [0.15, 0.2) is 80.9 Å². The van der Waals surface area contributed by atoms with Crippen LogP contribution in [0.2, 0.25) is 5.02 Å². The Morgan fingerprint density at radius 2 is 1.97 bits per heavy atom. The van der Waals surface area contributed by atoms with Crippen LogP contribution in [-0.2, 0) is 4.79 Å². The van der Waals surface area contributed by atoms with Crippen molar-refractivity contribution < 1.29 is 9.21 Å². The molecule has 0 saturated heterocycles. The number of aromatic amines is 1. The molecule has 4 rings (SSSR count). The van der Waals surface area contributed by atoms with Gasteiger partial charge in [0.1, 0.15) is 17.4 Å². The van der Waals surface area contributed by atoms with E-state index in [9.17, 15) is 10.1 Å². The zero-order chi connectivity index (χ0) is 20.2. The fourth-order valence-corrected chi connectivity index (χ4v) is 3.54. The molecule has 0 unspecified atom stereocenters. The summed E-state index contributed by atoms with van der Waals surface area (Å²) in [5, 5.41) is 13.6. The summed E-state index contributed by atoms with van der Waals surface area (Å²) < 4.78 is 5.71. The largest absolute Gasteiger partial charge is 0.450 e. The van der Waals surface area contributed by atoms with Gasteiger partial charge in [0.15, 0.2) is 10.2 Å². The maximum atomic E-state index is 12.4. The van der Waals surface area contributed by atoms with Crippen LogP contribution in [0.1, 0.15) is 5.76 Å². The van der Waals surface area contributed by atoms with Crippen molar-refractivity contribution >= 4 is 52.1 Å². The number of nitrogens with zero attached hydrogens (tertiary/aromatic N) is 2. The molecule has 8 heteroatoms. The number of nitriles is 1. The summed E-state index contributed by atoms with van der Waals surface area (Å²) >= 11 is 7.36. The van der Waals surface area contributed by atoms with Crippen LogP contribution in [0.4, 0.5) is 5.69 Å². The fraction of sp³-hybridized carbons (Fsp3) is 0. The van der Waals surface area contributed by atoms with E-state index >= 15 is 0 Å². The van der Waals surface area contributed by atoms with E-state index in [0.29, 0.717) is 26.7 Å². The van der Waals surface area contributed by atoms with E-state index < -0.39 is 5.91 Å². The molecule has 2 N–H and O–H groups in total.